The van der Waals surface area contributed by atoms with Crippen molar-refractivity contribution in [2.75, 3.05) is 6.61 Å². The molecule has 1 aliphatic heterocycles. The van der Waals surface area contributed by atoms with Crippen LogP contribution in [0, 0.1) is 6.92 Å². The van der Waals surface area contributed by atoms with E-state index in [-0.39, 0.29) is 12.1 Å². The van der Waals surface area contributed by atoms with Gasteiger partial charge in [0.05, 0.1) is 12.1 Å². The molecule has 0 bridgehead atoms. The lowest BCUT2D eigenvalue weighted by Gasteiger charge is -2.17. The Bertz CT molecular complexity index is 581. The SMILES string of the molecule is Cc1csc(CNC(C)C)c1S(=O)(=O)NC1CCOC1C. The molecule has 21 heavy (non-hydrogen) atoms. The van der Waals surface area contributed by atoms with Gasteiger partial charge < -0.3 is 10.1 Å². The molecule has 7 heteroatoms. The van der Waals surface area contributed by atoms with Crippen molar-refractivity contribution in [2.45, 2.75) is 63.7 Å². The van der Waals surface area contributed by atoms with Crippen LogP contribution in [-0.2, 0) is 21.3 Å². The zero-order chi connectivity index (χ0) is 15.6. The molecule has 2 atom stereocenters. The molecule has 2 unspecified atom stereocenters. The van der Waals surface area contributed by atoms with Crippen LogP contribution in [0.3, 0.4) is 0 Å². The predicted molar refractivity (Wildman–Crippen MR) is 85.2 cm³/mol. The Morgan fingerprint density at radius 2 is 2.19 bits per heavy atom. The van der Waals surface area contributed by atoms with Crippen LogP contribution in [-0.4, -0.2) is 33.2 Å². The largest absolute Gasteiger partial charge is 0.377 e. The monoisotopic (exact) mass is 332 g/mol. The van der Waals surface area contributed by atoms with E-state index in [9.17, 15) is 8.42 Å². The van der Waals surface area contributed by atoms with Crippen molar-refractivity contribution in [1.29, 1.82) is 0 Å². The molecule has 120 valence electrons. The molecule has 0 aliphatic carbocycles. The zero-order valence-electron chi connectivity index (χ0n) is 13.0. The van der Waals surface area contributed by atoms with E-state index in [4.69, 9.17) is 4.74 Å². The Balaban J connectivity index is 2.20. The fraction of sp³-hybridized carbons (Fsp3) is 0.714. The van der Waals surface area contributed by atoms with Gasteiger partial charge in [-0.15, -0.1) is 11.3 Å². The topological polar surface area (TPSA) is 67.4 Å². The fourth-order valence-corrected chi connectivity index (χ4v) is 5.51. The minimum absolute atomic E-state index is 0.0732. The average molecular weight is 332 g/mol. The molecule has 2 heterocycles. The van der Waals surface area contributed by atoms with Crippen LogP contribution < -0.4 is 10.0 Å². The summed E-state index contributed by atoms with van der Waals surface area (Å²) in [5.41, 5.74) is 0.805. The first kappa shape index (κ1) is 16.9. The number of aryl methyl sites for hydroxylation is 1. The van der Waals surface area contributed by atoms with Crippen LogP contribution in [0.5, 0.6) is 0 Å². The van der Waals surface area contributed by atoms with E-state index in [0.29, 0.717) is 24.1 Å². The molecule has 0 spiro atoms. The lowest BCUT2D eigenvalue weighted by atomic mass is 10.2. The highest BCUT2D eigenvalue weighted by Gasteiger charge is 2.31. The van der Waals surface area contributed by atoms with Gasteiger partial charge in [0.25, 0.3) is 0 Å². The Kier molecular flexibility index (Phi) is 5.43. The van der Waals surface area contributed by atoms with E-state index in [1.807, 2.05) is 33.1 Å². The summed E-state index contributed by atoms with van der Waals surface area (Å²) in [6, 6.07) is 0.180. The summed E-state index contributed by atoms with van der Waals surface area (Å²) in [5, 5.41) is 5.19. The fourth-order valence-electron chi connectivity index (χ4n) is 2.41. The van der Waals surface area contributed by atoms with Gasteiger partial charge in [0.15, 0.2) is 0 Å². The maximum Gasteiger partial charge on any atom is 0.242 e. The summed E-state index contributed by atoms with van der Waals surface area (Å²) < 4.78 is 33.6. The van der Waals surface area contributed by atoms with E-state index in [1.165, 1.54) is 11.3 Å². The molecule has 0 aromatic carbocycles. The van der Waals surface area contributed by atoms with Crippen LogP contribution in [0.15, 0.2) is 10.3 Å². The van der Waals surface area contributed by atoms with Crippen LogP contribution in [0.25, 0.3) is 0 Å². The second-order valence-corrected chi connectivity index (χ2v) is 8.41. The highest BCUT2D eigenvalue weighted by molar-refractivity contribution is 7.89. The summed E-state index contributed by atoms with van der Waals surface area (Å²) in [4.78, 5) is 1.29. The number of sulfonamides is 1. The molecular weight excluding hydrogens is 308 g/mol. The standard InChI is InChI=1S/C14H24N2O3S2/c1-9(2)15-7-13-14(10(3)8-20-13)21(17,18)16-12-5-6-19-11(12)4/h8-9,11-12,15-16H,5-7H2,1-4H3. The molecule has 1 saturated heterocycles. The predicted octanol–water partition coefficient (Wildman–Crippen LogP) is 2.01. The summed E-state index contributed by atoms with van der Waals surface area (Å²) >= 11 is 1.49. The number of rotatable bonds is 6. The van der Waals surface area contributed by atoms with E-state index in [0.717, 1.165) is 16.9 Å². The van der Waals surface area contributed by atoms with E-state index < -0.39 is 10.0 Å². The van der Waals surface area contributed by atoms with Gasteiger partial charge in [-0.2, -0.15) is 0 Å². The van der Waals surface area contributed by atoms with Crippen molar-refractivity contribution in [1.82, 2.24) is 10.0 Å². The molecule has 0 saturated carbocycles. The third-order valence-electron chi connectivity index (χ3n) is 3.61. The van der Waals surface area contributed by atoms with Crippen LogP contribution in [0.1, 0.15) is 37.6 Å². The second-order valence-electron chi connectivity index (χ2n) is 5.80. The Hall–Kier alpha value is -0.470. The highest BCUT2D eigenvalue weighted by atomic mass is 32.2. The molecule has 2 N–H and O–H groups in total. The summed E-state index contributed by atoms with van der Waals surface area (Å²) in [6.45, 7) is 9.02. The normalized spacial score (nSPS) is 23.1. The molecule has 5 nitrogen and oxygen atoms in total. The molecule has 1 fully saturated rings. The van der Waals surface area contributed by atoms with Gasteiger partial charge in [-0.25, -0.2) is 13.1 Å². The lowest BCUT2D eigenvalue weighted by Crippen LogP contribution is -2.39. The summed E-state index contributed by atoms with van der Waals surface area (Å²) in [6.07, 6.45) is 0.652. The Labute approximate surface area is 131 Å². The zero-order valence-corrected chi connectivity index (χ0v) is 14.6. The van der Waals surface area contributed by atoms with Crippen molar-refractivity contribution in [3.63, 3.8) is 0 Å². The first-order chi connectivity index (χ1) is 9.81. The van der Waals surface area contributed by atoms with Gasteiger partial charge in [-0.1, -0.05) is 13.8 Å². The van der Waals surface area contributed by atoms with Crippen molar-refractivity contribution >= 4 is 21.4 Å². The molecule has 2 rings (SSSR count). The first-order valence-electron chi connectivity index (χ1n) is 7.25. The van der Waals surface area contributed by atoms with Crippen LogP contribution in [0.4, 0.5) is 0 Å². The van der Waals surface area contributed by atoms with Gasteiger partial charge in [0.1, 0.15) is 4.90 Å². The maximum absolute atomic E-state index is 12.7. The molecule has 0 radical (unpaired) electrons. The molecule has 0 amide bonds. The summed E-state index contributed by atoms with van der Waals surface area (Å²) in [7, 11) is -3.50. The first-order valence-corrected chi connectivity index (χ1v) is 9.62. The van der Waals surface area contributed by atoms with Gasteiger partial charge in [0.2, 0.25) is 10.0 Å². The van der Waals surface area contributed by atoms with Crippen molar-refractivity contribution in [3.05, 3.63) is 15.8 Å². The van der Waals surface area contributed by atoms with E-state index in [1.54, 1.807) is 0 Å². The molecule has 1 aromatic rings. The smallest absolute Gasteiger partial charge is 0.242 e. The third-order valence-corrected chi connectivity index (χ3v) is 6.56. The number of nitrogens with one attached hydrogen (secondary N) is 2. The van der Waals surface area contributed by atoms with Gasteiger partial charge in [-0.05, 0) is 31.2 Å². The summed E-state index contributed by atoms with van der Waals surface area (Å²) in [5.74, 6) is 0. The van der Waals surface area contributed by atoms with Gasteiger partial charge >= 0.3 is 0 Å². The minimum Gasteiger partial charge on any atom is -0.377 e. The second kappa shape index (κ2) is 6.75. The Morgan fingerprint density at radius 3 is 2.76 bits per heavy atom. The molecular formula is C14H24N2O3S2. The third kappa shape index (κ3) is 4.04. The molecule has 1 aliphatic rings. The number of hydrogen-bond acceptors (Lipinski definition) is 5. The number of thiophene rings is 1. The highest BCUT2D eigenvalue weighted by Crippen LogP contribution is 2.28. The van der Waals surface area contributed by atoms with Gasteiger partial charge in [0, 0.05) is 24.1 Å². The van der Waals surface area contributed by atoms with E-state index >= 15 is 0 Å². The Morgan fingerprint density at radius 1 is 1.48 bits per heavy atom. The average Bonchev–Trinajstić information content (AvgIpc) is 2.94. The number of ether oxygens (including phenoxy) is 1. The van der Waals surface area contributed by atoms with Crippen molar-refractivity contribution < 1.29 is 13.2 Å². The number of hydrogen-bond donors (Lipinski definition) is 2. The van der Waals surface area contributed by atoms with Crippen molar-refractivity contribution in [3.8, 4) is 0 Å². The molecule has 1 aromatic heterocycles. The minimum atomic E-state index is -3.50. The van der Waals surface area contributed by atoms with E-state index in [2.05, 4.69) is 10.0 Å². The van der Waals surface area contributed by atoms with Crippen LogP contribution in [0.2, 0.25) is 0 Å². The maximum atomic E-state index is 12.7. The van der Waals surface area contributed by atoms with Gasteiger partial charge in [-0.3, -0.25) is 0 Å². The quantitative estimate of drug-likeness (QED) is 0.836. The lowest BCUT2D eigenvalue weighted by molar-refractivity contribution is 0.117. The van der Waals surface area contributed by atoms with Crippen molar-refractivity contribution in [2.24, 2.45) is 0 Å². The van der Waals surface area contributed by atoms with Crippen LogP contribution >= 0.6 is 11.3 Å².